The fraction of sp³-hybridized carbons (Fsp3) is 0.400. The zero-order valence-electron chi connectivity index (χ0n) is 9.21. The molecule has 0 amide bonds. The van der Waals surface area contributed by atoms with E-state index in [-0.39, 0.29) is 11.9 Å². The summed E-state index contributed by atoms with van der Waals surface area (Å²) in [5.74, 6) is 0.410. The van der Waals surface area contributed by atoms with Gasteiger partial charge in [-0.05, 0) is 18.9 Å². The number of anilines is 1. The molecule has 1 aromatic heterocycles. The van der Waals surface area contributed by atoms with Crippen molar-refractivity contribution in [1.29, 1.82) is 0 Å². The molecule has 1 saturated carbocycles. The molecule has 1 N–H and O–H groups in total. The molecule has 1 fully saturated rings. The number of carbonyl (C=O) groups excluding carboxylic acids is 1. The van der Waals surface area contributed by atoms with Gasteiger partial charge >= 0.3 is 0 Å². The first-order valence-corrected chi connectivity index (χ1v) is 6.97. The van der Waals surface area contributed by atoms with E-state index in [0.717, 1.165) is 19.1 Å². The lowest BCUT2D eigenvalue weighted by Gasteiger charge is -2.10. The van der Waals surface area contributed by atoms with Crippen LogP contribution in [0.1, 0.15) is 23.2 Å². The van der Waals surface area contributed by atoms with Gasteiger partial charge in [0.05, 0.1) is 12.4 Å². The second-order valence-electron chi connectivity index (χ2n) is 3.92. The van der Waals surface area contributed by atoms with Gasteiger partial charge in [0.15, 0.2) is 17.9 Å². The average molecular weight is 256 g/mol. The molecule has 1 heterocycles. The van der Waals surface area contributed by atoms with Gasteiger partial charge < -0.3 is 4.74 Å². The van der Waals surface area contributed by atoms with Gasteiger partial charge in [-0.2, -0.15) is 0 Å². The standard InChI is InChI=1S/C10H12N2O4S/c1-17(14,15)12-10-9(16-8-2-3-8)4-7(6-13)5-11-10/h4-6,8H,2-3H2,1H3,(H,11,12). The minimum atomic E-state index is -3.42. The van der Waals surface area contributed by atoms with Crippen LogP contribution in [0, 0.1) is 0 Å². The molecule has 0 saturated heterocycles. The van der Waals surface area contributed by atoms with Crippen LogP contribution >= 0.6 is 0 Å². The summed E-state index contributed by atoms with van der Waals surface area (Å²) in [5.41, 5.74) is 0.347. The van der Waals surface area contributed by atoms with Crippen LogP contribution < -0.4 is 9.46 Å². The van der Waals surface area contributed by atoms with E-state index in [9.17, 15) is 13.2 Å². The van der Waals surface area contributed by atoms with Gasteiger partial charge in [-0.15, -0.1) is 0 Å². The predicted octanol–water partition coefficient (Wildman–Crippen LogP) is 0.807. The van der Waals surface area contributed by atoms with Crippen molar-refractivity contribution in [3.05, 3.63) is 17.8 Å². The summed E-state index contributed by atoms with van der Waals surface area (Å²) in [6, 6.07) is 1.48. The third kappa shape index (κ3) is 3.42. The van der Waals surface area contributed by atoms with Crippen LogP contribution in [-0.4, -0.2) is 32.0 Å². The van der Waals surface area contributed by atoms with Crippen molar-refractivity contribution in [3.63, 3.8) is 0 Å². The molecule has 0 bridgehead atoms. The number of rotatable bonds is 5. The number of aromatic nitrogens is 1. The van der Waals surface area contributed by atoms with E-state index in [4.69, 9.17) is 4.74 Å². The number of nitrogens with zero attached hydrogens (tertiary/aromatic N) is 1. The number of nitrogens with one attached hydrogen (secondary N) is 1. The van der Waals surface area contributed by atoms with Gasteiger partial charge in [-0.3, -0.25) is 9.52 Å². The van der Waals surface area contributed by atoms with Crippen LogP contribution in [-0.2, 0) is 10.0 Å². The smallest absolute Gasteiger partial charge is 0.231 e. The van der Waals surface area contributed by atoms with Crippen molar-refractivity contribution < 1.29 is 17.9 Å². The molecule has 17 heavy (non-hydrogen) atoms. The zero-order valence-corrected chi connectivity index (χ0v) is 10.0. The molecule has 2 rings (SSSR count). The van der Waals surface area contributed by atoms with Crippen LogP contribution in [0.25, 0.3) is 0 Å². The molecule has 0 unspecified atom stereocenters. The summed E-state index contributed by atoms with van der Waals surface area (Å²) < 4.78 is 30.0. The maximum atomic E-state index is 11.1. The average Bonchev–Trinajstić information content (AvgIpc) is 3.02. The van der Waals surface area contributed by atoms with E-state index in [1.54, 1.807) is 0 Å². The Morgan fingerprint density at radius 3 is 2.76 bits per heavy atom. The lowest BCUT2D eigenvalue weighted by Crippen LogP contribution is -2.13. The fourth-order valence-corrected chi connectivity index (χ4v) is 1.74. The summed E-state index contributed by atoms with van der Waals surface area (Å²) in [4.78, 5) is 14.5. The number of ether oxygens (including phenoxy) is 1. The number of hydrogen-bond acceptors (Lipinski definition) is 5. The van der Waals surface area contributed by atoms with Crippen molar-refractivity contribution in [2.75, 3.05) is 11.0 Å². The molecule has 1 aliphatic rings. The van der Waals surface area contributed by atoms with Gasteiger partial charge in [0.2, 0.25) is 10.0 Å². The van der Waals surface area contributed by atoms with E-state index < -0.39 is 10.0 Å². The maximum absolute atomic E-state index is 11.1. The first-order chi connectivity index (χ1) is 7.98. The molecule has 6 nitrogen and oxygen atoms in total. The van der Waals surface area contributed by atoms with Crippen molar-refractivity contribution in [3.8, 4) is 5.75 Å². The molecule has 1 aromatic rings. The third-order valence-corrected chi connectivity index (χ3v) is 2.67. The second-order valence-corrected chi connectivity index (χ2v) is 5.67. The number of carbonyl (C=O) groups is 1. The Morgan fingerprint density at radius 1 is 1.53 bits per heavy atom. The first kappa shape index (κ1) is 11.8. The minimum Gasteiger partial charge on any atom is -0.486 e. The van der Waals surface area contributed by atoms with Gasteiger partial charge in [-0.25, -0.2) is 13.4 Å². The lowest BCUT2D eigenvalue weighted by molar-refractivity contribution is 0.112. The third-order valence-electron chi connectivity index (χ3n) is 2.11. The Kier molecular flexibility index (Phi) is 3.01. The quantitative estimate of drug-likeness (QED) is 0.788. The molecule has 92 valence electrons. The van der Waals surface area contributed by atoms with Crippen LogP contribution in [0.5, 0.6) is 5.75 Å². The number of aldehydes is 1. The molecule has 0 spiro atoms. The predicted molar refractivity (Wildman–Crippen MR) is 61.7 cm³/mol. The van der Waals surface area contributed by atoms with Crippen molar-refractivity contribution in [2.45, 2.75) is 18.9 Å². The van der Waals surface area contributed by atoms with E-state index in [1.807, 2.05) is 0 Å². The first-order valence-electron chi connectivity index (χ1n) is 5.07. The summed E-state index contributed by atoms with van der Waals surface area (Å²) in [6.45, 7) is 0. The second kappa shape index (κ2) is 4.33. The Bertz CT molecular complexity index is 537. The van der Waals surface area contributed by atoms with E-state index in [2.05, 4.69) is 9.71 Å². The van der Waals surface area contributed by atoms with Crippen LogP contribution in [0.15, 0.2) is 12.3 Å². The highest BCUT2D eigenvalue weighted by atomic mass is 32.2. The molecular formula is C10H12N2O4S. The maximum Gasteiger partial charge on any atom is 0.231 e. The van der Waals surface area contributed by atoms with Crippen LogP contribution in [0.2, 0.25) is 0 Å². The normalized spacial score (nSPS) is 15.4. The highest BCUT2D eigenvalue weighted by molar-refractivity contribution is 7.92. The Balaban J connectivity index is 2.31. The Hall–Kier alpha value is -1.63. The van der Waals surface area contributed by atoms with E-state index >= 15 is 0 Å². The molecule has 0 aliphatic heterocycles. The van der Waals surface area contributed by atoms with Crippen LogP contribution in [0.3, 0.4) is 0 Å². The molecule has 0 radical (unpaired) electrons. The van der Waals surface area contributed by atoms with Gasteiger partial charge in [-0.1, -0.05) is 0 Å². The van der Waals surface area contributed by atoms with E-state index in [0.29, 0.717) is 17.6 Å². The van der Waals surface area contributed by atoms with Crippen molar-refractivity contribution in [2.24, 2.45) is 0 Å². The number of sulfonamides is 1. The Morgan fingerprint density at radius 2 is 2.24 bits per heavy atom. The monoisotopic (exact) mass is 256 g/mol. The zero-order chi connectivity index (χ0) is 12.5. The van der Waals surface area contributed by atoms with E-state index in [1.165, 1.54) is 12.3 Å². The summed E-state index contributed by atoms with van der Waals surface area (Å²) in [7, 11) is -3.42. The topological polar surface area (TPSA) is 85.4 Å². The van der Waals surface area contributed by atoms with Gasteiger partial charge in [0.25, 0.3) is 0 Å². The van der Waals surface area contributed by atoms with Gasteiger partial charge in [0.1, 0.15) is 0 Å². The Labute approximate surface area is 99.1 Å². The largest absolute Gasteiger partial charge is 0.486 e. The molecule has 1 aliphatic carbocycles. The molecule has 7 heteroatoms. The molecular weight excluding hydrogens is 244 g/mol. The lowest BCUT2D eigenvalue weighted by atomic mass is 10.3. The van der Waals surface area contributed by atoms with Crippen LogP contribution in [0.4, 0.5) is 5.82 Å². The molecule has 0 aromatic carbocycles. The van der Waals surface area contributed by atoms with Crippen molar-refractivity contribution >= 4 is 22.1 Å². The molecule has 0 atom stereocenters. The summed E-state index contributed by atoms with van der Waals surface area (Å²) in [6.07, 6.45) is 4.92. The van der Waals surface area contributed by atoms with Crippen molar-refractivity contribution in [1.82, 2.24) is 4.98 Å². The highest BCUT2D eigenvalue weighted by Gasteiger charge is 2.25. The summed E-state index contributed by atoms with van der Waals surface area (Å²) >= 11 is 0. The van der Waals surface area contributed by atoms with Gasteiger partial charge in [0, 0.05) is 11.8 Å². The number of pyridine rings is 1. The highest BCUT2D eigenvalue weighted by Crippen LogP contribution is 2.31. The number of hydrogen-bond donors (Lipinski definition) is 1. The summed E-state index contributed by atoms with van der Waals surface area (Å²) in [5, 5.41) is 0. The fourth-order valence-electron chi connectivity index (χ4n) is 1.23. The SMILES string of the molecule is CS(=O)(=O)Nc1ncc(C=O)cc1OC1CC1. The minimum absolute atomic E-state index is 0.0961.